The van der Waals surface area contributed by atoms with E-state index in [9.17, 15) is 12.8 Å². The lowest BCUT2D eigenvalue weighted by atomic mass is 10.0. The topological polar surface area (TPSA) is 66.6 Å². The number of hydrogen-bond donors (Lipinski definition) is 1. The summed E-state index contributed by atoms with van der Waals surface area (Å²) in [5.41, 5.74) is 0.584. The molecule has 2 atom stereocenters. The quantitative estimate of drug-likeness (QED) is 0.876. The van der Waals surface area contributed by atoms with E-state index in [4.69, 9.17) is 5.14 Å². The highest BCUT2D eigenvalue weighted by molar-refractivity contribution is 7.89. The van der Waals surface area contributed by atoms with E-state index in [-0.39, 0.29) is 10.6 Å². The number of hydrogen-bond acceptors (Lipinski definition) is 4. The van der Waals surface area contributed by atoms with Crippen LogP contribution in [0, 0.1) is 24.6 Å². The highest BCUT2D eigenvalue weighted by Gasteiger charge is 2.40. The molecule has 0 aromatic heterocycles. The lowest BCUT2D eigenvalue weighted by Crippen LogP contribution is -2.29. The molecule has 0 radical (unpaired) electrons. The summed E-state index contributed by atoms with van der Waals surface area (Å²) in [6.07, 6.45) is 0. The predicted octanol–water partition coefficient (Wildman–Crippen LogP) is 0.779. The molecule has 0 aliphatic carbocycles. The highest BCUT2D eigenvalue weighted by Crippen LogP contribution is 2.38. The minimum Gasteiger partial charge on any atom is -0.367 e. The summed E-state index contributed by atoms with van der Waals surface area (Å²) in [7, 11) is -1.86. The second-order valence-corrected chi connectivity index (χ2v) is 7.76. The van der Waals surface area contributed by atoms with E-state index in [0.29, 0.717) is 30.5 Å². The van der Waals surface area contributed by atoms with E-state index in [1.807, 2.05) is 4.90 Å². The zero-order chi connectivity index (χ0) is 15.4. The number of primary sulfonamides is 1. The first kappa shape index (κ1) is 14.7. The van der Waals surface area contributed by atoms with Crippen molar-refractivity contribution in [2.45, 2.75) is 11.8 Å². The van der Waals surface area contributed by atoms with Gasteiger partial charge in [-0.15, -0.1) is 0 Å². The molecule has 0 bridgehead atoms. The van der Waals surface area contributed by atoms with Crippen LogP contribution in [0.2, 0.25) is 0 Å². The Hall–Kier alpha value is -1.18. The average Bonchev–Trinajstić information content (AvgIpc) is 2.87. The van der Waals surface area contributed by atoms with Gasteiger partial charge in [-0.05, 0) is 37.4 Å². The van der Waals surface area contributed by atoms with Gasteiger partial charge in [-0.3, -0.25) is 0 Å². The first-order valence-corrected chi connectivity index (χ1v) is 8.57. The van der Waals surface area contributed by atoms with Crippen molar-refractivity contribution in [1.29, 1.82) is 0 Å². The van der Waals surface area contributed by atoms with E-state index in [0.717, 1.165) is 13.1 Å². The van der Waals surface area contributed by atoms with Gasteiger partial charge in [0.1, 0.15) is 4.90 Å². The van der Waals surface area contributed by atoms with E-state index in [1.165, 1.54) is 12.1 Å². The van der Waals surface area contributed by atoms with E-state index in [2.05, 4.69) is 11.9 Å². The van der Waals surface area contributed by atoms with Crippen molar-refractivity contribution in [3.63, 3.8) is 0 Å². The first-order valence-electron chi connectivity index (χ1n) is 7.02. The molecule has 5 nitrogen and oxygen atoms in total. The van der Waals surface area contributed by atoms with Crippen LogP contribution in [0.1, 0.15) is 5.56 Å². The van der Waals surface area contributed by atoms with Crippen molar-refractivity contribution in [3.05, 3.63) is 23.5 Å². The number of aryl methyl sites for hydroxylation is 1. The summed E-state index contributed by atoms with van der Waals surface area (Å²) in [6, 6.07) is 2.87. The number of anilines is 1. The number of likely N-dealkylation sites (tertiary alicyclic amines) is 1. The molecule has 0 unspecified atom stereocenters. The van der Waals surface area contributed by atoms with Crippen LogP contribution in [0.15, 0.2) is 17.0 Å². The number of nitrogens with two attached hydrogens (primary N) is 1. The molecule has 0 saturated carbocycles. The van der Waals surface area contributed by atoms with E-state index < -0.39 is 15.8 Å². The molecule has 3 rings (SSSR count). The molecule has 116 valence electrons. The van der Waals surface area contributed by atoms with Crippen molar-refractivity contribution >= 4 is 15.7 Å². The molecule has 1 aromatic carbocycles. The maximum absolute atomic E-state index is 14.5. The summed E-state index contributed by atoms with van der Waals surface area (Å²) < 4.78 is 38.0. The monoisotopic (exact) mass is 313 g/mol. The third-order valence-corrected chi connectivity index (χ3v) is 5.51. The average molecular weight is 313 g/mol. The smallest absolute Gasteiger partial charge is 0.240 e. The van der Waals surface area contributed by atoms with Crippen molar-refractivity contribution in [1.82, 2.24) is 4.90 Å². The van der Waals surface area contributed by atoms with Gasteiger partial charge in [0.2, 0.25) is 10.0 Å². The van der Waals surface area contributed by atoms with Crippen LogP contribution < -0.4 is 10.0 Å². The molecule has 2 aliphatic rings. The van der Waals surface area contributed by atoms with Gasteiger partial charge in [0.05, 0.1) is 5.69 Å². The SMILES string of the molecule is Cc1ccc(S(N)(=O)=O)c(N2C[C@H]3CN(C)C[C@H]3C2)c1F. The normalized spacial score (nSPS) is 26.4. The Morgan fingerprint density at radius 2 is 1.76 bits per heavy atom. The van der Waals surface area contributed by atoms with Crippen LogP contribution in [0.3, 0.4) is 0 Å². The van der Waals surface area contributed by atoms with Gasteiger partial charge in [-0.1, -0.05) is 6.07 Å². The fourth-order valence-electron chi connectivity index (χ4n) is 3.58. The third-order valence-electron chi connectivity index (χ3n) is 4.56. The van der Waals surface area contributed by atoms with Crippen molar-refractivity contribution in [3.8, 4) is 0 Å². The van der Waals surface area contributed by atoms with Crippen molar-refractivity contribution < 1.29 is 12.8 Å². The van der Waals surface area contributed by atoms with Crippen molar-refractivity contribution in [2.24, 2.45) is 17.0 Å². The number of nitrogens with zero attached hydrogens (tertiary/aromatic N) is 2. The minimum absolute atomic E-state index is 0.112. The van der Waals surface area contributed by atoms with Crippen LogP contribution in [-0.2, 0) is 10.0 Å². The standard InChI is InChI=1S/C14H20FN3O2S/c1-9-3-4-12(21(16,19)20)14(13(9)15)18-7-10-5-17(2)6-11(10)8-18/h3-4,10-11H,5-8H2,1-2H3,(H2,16,19,20)/t10-,11+. The second kappa shape index (κ2) is 4.93. The molecule has 1 aromatic rings. The van der Waals surface area contributed by atoms with Gasteiger partial charge in [0.15, 0.2) is 5.82 Å². The number of benzene rings is 1. The van der Waals surface area contributed by atoms with Gasteiger partial charge in [-0.25, -0.2) is 17.9 Å². The van der Waals surface area contributed by atoms with E-state index in [1.54, 1.807) is 6.92 Å². The minimum atomic E-state index is -3.94. The maximum Gasteiger partial charge on any atom is 0.240 e. The molecule has 2 fully saturated rings. The second-order valence-electron chi connectivity index (χ2n) is 6.23. The number of rotatable bonds is 2. The molecular weight excluding hydrogens is 293 g/mol. The number of fused-ring (bicyclic) bond motifs is 1. The molecule has 2 aliphatic heterocycles. The van der Waals surface area contributed by atoms with Gasteiger partial charge < -0.3 is 9.80 Å². The lowest BCUT2D eigenvalue weighted by Gasteiger charge is -2.24. The lowest BCUT2D eigenvalue weighted by molar-refractivity contribution is 0.386. The molecule has 0 spiro atoms. The highest BCUT2D eigenvalue weighted by atomic mass is 32.2. The summed E-state index contributed by atoms with van der Waals surface area (Å²) in [4.78, 5) is 4.00. The molecular formula is C14H20FN3O2S. The van der Waals surface area contributed by atoms with Crippen LogP contribution in [-0.4, -0.2) is 46.5 Å². The van der Waals surface area contributed by atoms with Crippen molar-refractivity contribution in [2.75, 3.05) is 38.1 Å². The molecule has 2 heterocycles. The molecule has 21 heavy (non-hydrogen) atoms. The molecule has 2 N–H and O–H groups in total. The zero-order valence-electron chi connectivity index (χ0n) is 12.2. The molecule has 0 amide bonds. The molecule has 2 saturated heterocycles. The summed E-state index contributed by atoms with van der Waals surface area (Å²) >= 11 is 0. The predicted molar refractivity (Wildman–Crippen MR) is 79.2 cm³/mol. The first-order chi connectivity index (χ1) is 9.77. The van der Waals surface area contributed by atoms with E-state index >= 15 is 0 Å². The van der Waals surface area contributed by atoms with Gasteiger partial charge >= 0.3 is 0 Å². The zero-order valence-corrected chi connectivity index (χ0v) is 13.0. The van der Waals surface area contributed by atoms with Crippen LogP contribution in [0.4, 0.5) is 10.1 Å². The Labute approximate surface area is 124 Å². The van der Waals surface area contributed by atoms with Crippen LogP contribution in [0.25, 0.3) is 0 Å². The fourth-order valence-corrected chi connectivity index (χ4v) is 4.33. The van der Waals surface area contributed by atoms with Crippen LogP contribution in [0.5, 0.6) is 0 Å². The fraction of sp³-hybridized carbons (Fsp3) is 0.571. The Balaban J connectivity index is 2.01. The maximum atomic E-state index is 14.5. The number of sulfonamides is 1. The Morgan fingerprint density at radius 3 is 2.29 bits per heavy atom. The summed E-state index contributed by atoms with van der Waals surface area (Å²) in [6.45, 7) is 4.94. The molecule has 7 heteroatoms. The Morgan fingerprint density at radius 1 is 1.19 bits per heavy atom. The summed E-state index contributed by atoms with van der Waals surface area (Å²) in [5.74, 6) is 0.446. The summed E-state index contributed by atoms with van der Waals surface area (Å²) in [5, 5.41) is 5.25. The van der Waals surface area contributed by atoms with Crippen LogP contribution >= 0.6 is 0 Å². The Kier molecular flexibility index (Phi) is 3.46. The van der Waals surface area contributed by atoms with Gasteiger partial charge in [-0.2, -0.15) is 0 Å². The van der Waals surface area contributed by atoms with Gasteiger partial charge in [0.25, 0.3) is 0 Å². The largest absolute Gasteiger partial charge is 0.367 e. The number of halogens is 1. The van der Waals surface area contributed by atoms with Gasteiger partial charge in [0, 0.05) is 26.2 Å². The Bertz CT molecular complexity index is 663. The third kappa shape index (κ3) is 2.54.